The molecule has 3 heteroatoms. The number of carbonyl (C=O) groups is 1. The molecule has 0 radical (unpaired) electrons. The fourth-order valence-electron chi connectivity index (χ4n) is 1.92. The lowest BCUT2D eigenvalue weighted by atomic mass is 9.94. The monoisotopic (exact) mass is 250 g/mol. The summed E-state index contributed by atoms with van der Waals surface area (Å²) in [5, 5.41) is 0. The van der Waals surface area contributed by atoms with E-state index in [2.05, 4.69) is 6.92 Å². The molecule has 18 heavy (non-hydrogen) atoms. The Morgan fingerprint density at radius 2 is 1.78 bits per heavy atom. The minimum absolute atomic E-state index is 0.136. The number of rotatable bonds is 7. The quantitative estimate of drug-likeness (QED) is 0.694. The van der Waals surface area contributed by atoms with Crippen LogP contribution >= 0.6 is 0 Å². The van der Waals surface area contributed by atoms with Crippen molar-refractivity contribution in [1.29, 1.82) is 0 Å². The third kappa shape index (κ3) is 4.06. The molecule has 0 aliphatic carbocycles. The molecule has 0 fully saturated rings. The standard InChI is InChI=1S/C15H22O3/c1-4-7-14(15(16)18-6-3)12-8-10-13(11-9-12)17-5-2/h8-11,14H,4-7H2,1-3H3. The second kappa shape index (κ2) is 7.75. The molecule has 3 nitrogen and oxygen atoms in total. The van der Waals surface area contributed by atoms with Crippen LogP contribution in [0.25, 0.3) is 0 Å². The third-order valence-electron chi connectivity index (χ3n) is 2.74. The fourth-order valence-corrected chi connectivity index (χ4v) is 1.92. The van der Waals surface area contributed by atoms with Gasteiger partial charge >= 0.3 is 5.97 Å². The second-order valence-corrected chi connectivity index (χ2v) is 4.10. The van der Waals surface area contributed by atoms with Gasteiger partial charge in [-0.05, 0) is 38.0 Å². The molecular formula is C15H22O3. The average molecular weight is 250 g/mol. The van der Waals surface area contributed by atoms with Crippen LogP contribution in [-0.4, -0.2) is 19.2 Å². The molecule has 0 heterocycles. The first-order chi connectivity index (χ1) is 8.72. The highest BCUT2D eigenvalue weighted by Crippen LogP contribution is 2.25. The van der Waals surface area contributed by atoms with Crippen LogP contribution in [0.2, 0.25) is 0 Å². The Kier molecular flexibility index (Phi) is 6.26. The Hall–Kier alpha value is -1.51. The Morgan fingerprint density at radius 3 is 2.28 bits per heavy atom. The summed E-state index contributed by atoms with van der Waals surface area (Å²) in [5.74, 6) is 0.537. The minimum atomic E-state index is -0.161. The van der Waals surface area contributed by atoms with Gasteiger partial charge in [0.2, 0.25) is 0 Å². The van der Waals surface area contributed by atoms with Gasteiger partial charge in [0.05, 0.1) is 19.1 Å². The van der Waals surface area contributed by atoms with E-state index >= 15 is 0 Å². The van der Waals surface area contributed by atoms with Crippen molar-refractivity contribution in [3.63, 3.8) is 0 Å². The Balaban J connectivity index is 2.81. The van der Waals surface area contributed by atoms with E-state index in [1.165, 1.54) is 0 Å². The number of carbonyl (C=O) groups excluding carboxylic acids is 1. The predicted molar refractivity (Wildman–Crippen MR) is 71.9 cm³/mol. The van der Waals surface area contributed by atoms with Gasteiger partial charge < -0.3 is 9.47 Å². The van der Waals surface area contributed by atoms with Crippen LogP contribution in [0.3, 0.4) is 0 Å². The van der Waals surface area contributed by atoms with Crippen molar-refractivity contribution in [2.24, 2.45) is 0 Å². The zero-order valence-electron chi connectivity index (χ0n) is 11.4. The van der Waals surface area contributed by atoms with E-state index in [1.807, 2.05) is 38.1 Å². The molecule has 0 bridgehead atoms. The van der Waals surface area contributed by atoms with Gasteiger partial charge in [-0.25, -0.2) is 0 Å². The van der Waals surface area contributed by atoms with Gasteiger partial charge in [-0.15, -0.1) is 0 Å². The van der Waals surface area contributed by atoms with Crippen LogP contribution in [0.15, 0.2) is 24.3 Å². The van der Waals surface area contributed by atoms with Crippen molar-refractivity contribution in [2.45, 2.75) is 39.5 Å². The highest BCUT2D eigenvalue weighted by atomic mass is 16.5. The van der Waals surface area contributed by atoms with Gasteiger partial charge in [0.25, 0.3) is 0 Å². The Morgan fingerprint density at radius 1 is 1.11 bits per heavy atom. The molecule has 100 valence electrons. The maximum Gasteiger partial charge on any atom is 0.313 e. The van der Waals surface area contributed by atoms with Crippen molar-refractivity contribution < 1.29 is 14.3 Å². The maximum absolute atomic E-state index is 11.9. The van der Waals surface area contributed by atoms with E-state index in [1.54, 1.807) is 0 Å². The van der Waals surface area contributed by atoms with Crippen molar-refractivity contribution in [3.05, 3.63) is 29.8 Å². The van der Waals surface area contributed by atoms with Crippen LogP contribution in [0, 0.1) is 0 Å². The Bertz CT molecular complexity index is 357. The van der Waals surface area contributed by atoms with E-state index < -0.39 is 0 Å². The lowest BCUT2D eigenvalue weighted by molar-refractivity contribution is -0.145. The molecule has 0 N–H and O–H groups in total. The van der Waals surface area contributed by atoms with Crippen LogP contribution < -0.4 is 4.74 Å². The molecule has 1 atom stereocenters. The van der Waals surface area contributed by atoms with Gasteiger partial charge in [-0.3, -0.25) is 4.79 Å². The van der Waals surface area contributed by atoms with E-state index in [0.717, 1.165) is 24.2 Å². The first-order valence-corrected chi connectivity index (χ1v) is 6.62. The SMILES string of the molecule is CCCC(C(=O)OCC)c1ccc(OCC)cc1. The number of benzene rings is 1. The molecule has 1 unspecified atom stereocenters. The van der Waals surface area contributed by atoms with E-state index in [9.17, 15) is 4.79 Å². The maximum atomic E-state index is 11.9. The zero-order chi connectivity index (χ0) is 13.4. The molecule has 1 rings (SSSR count). The largest absolute Gasteiger partial charge is 0.494 e. The van der Waals surface area contributed by atoms with Crippen molar-refractivity contribution in [3.8, 4) is 5.75 Å². The topological polar surface area (TPSA) is 35.5 Å². The molecule has 0 saturated heterocycles. The lowest BCUT2D eigenvalue weighted by Gasteiger charge is -2.15. The first kappa shape index (κ1) is 14.6. The minimum Gasteiger partial charge on any atom is -0.494 e. The molecule has 1 aromatic carbocycles. The molecule has 1 aromatic rings. The molecular weight excluding hydrogens is 228 g/mol. The highest BCUT2D eigenvalue weighted by molar-refractivity contribution is 5.78. The van der Waals surface area contributed by atoms with Crippen LogP contribution in [0.4, 0.5) is 0 Å². The predicted octanol–water partition coefficient (Wildman–Crippen LogP) is 3.53. The van der Waals surface area contributed by atoms with Crippen molar-refractivity contribution in [2.75, 3.05) is 13.2 Å². The first-order valence-electron chi connectivity index (χ1n) is 6.62. The van der Waals surface area contributed by atoms with Crippen LogP contribution in [0.1, 0.15) is 45.1 Å². The van der Waals surface area contributed by atoms with E-state index in [-0.39, 0.29) is 11.9 Å². The second-order valence-electron chi connectivity index (χ2n) is 4.10. The number of ether oxygens (including phenoxy) is 2. The van der Waals surface area contributed by atoms with Crippen LogP contribution in [-0.2, 0) is 9.53 Å². The average Bonchev–Trinajstić information content (AvgIpc) is 2.38. The van der Waals surface area contributed by atoms with Crippen LogP contribution in [0.5, 0.6) is 5.75 Å². The summed E-state index contributed by atoms with van der Waals surface area (Å²) in [5.41, 5.74) is 0.999. The smallest absolute Gasteiger partial charge is 0.313 e. The van der Waals surface area contributed by atoms with Gasteiger partial charge in [0.15, 0.2) is 0 Å². The van der Waals surface area contributed by atoms with E-state index in [0.29, 0.717) is 13.2 Å². The van der Waals surface area contributed by atoms with Crippen molar-refractivity contribution >= 4 is 5.97 Å². The molecule has 0 aliphatic heterocycles. The molecule has 0 spiro atoms. The summed E-state index contributed by atoms with van der Waals surface area (Å²) >= 11 is 0. The van der Waals surface area contributed by atoms with Gasteiger partial charge in [-0.1, -0.05) is 25.5 Å². The summed E-state index contributed by atoms with van der Waals surface area (Å²) in [7, 11) is 0. The third-order valence-corrected chi connectivity index (χ3v) is 2.74. The summed E-state index contributed by atoms with van der Waals surface area (Å²) in [6.45, 7) is 6.93. The molecule has 0 aromatic heterocycles. The van der Waals surface area contributed by atoms with Gasteiger partial charge in [0.1, 0.15) is 5.75 Å². The van der Waals surface area contributed by atoms with Gasteiger partial charge in [-0.2, -0.15) is 0 Å². The van der Waals surface area contributed by atoms with E-state index in [4.69, 9.17) is 9.47 Å². The summed E-state index contributed by atoms with van der Waals surface area (Å²) < 4.78 is 10.5. The highest BCUT2D eigenvalue weighted by Gasteiger charge is 2.20. The Labute approximate surface area is 109 Å². The molecule has 0 aliphatic rings. The molecule has 0 amide bonds. The lowest BCUT2D eigenvalue weighted by Crippen LogP contribution is -2.15. The zero-order valence-corrected chi connectivity index (χ0v) is 11.4. The summed E-state index contributed by atoms with van der Waals surface area (Å²) in [6.07, 6.45) is 1.77. The number of hydrogen-bond acceptors (Lipinski definition) is 3. The summed E-state index contributed by atoms with van der Waals surface area (Å²) in [4.78, 5) is 11.9. The summed E-state index contributed by atoms with van der Waals surface area (Å²) in [6, 6.07) is 7.70. The normalized spacial score (nSPS) is 11.9. The molecule has 0 saturated carbocycles. The number of hydrogen-bond donors (Lipinski definition) is 0. The van der Waals surface area contributed by atoms with Crippen molar-refractivity contribution in [1.82, 2.24) is 0 Å². The number of esters is 1. The fraction of sp³-hybridized carbons (Fsp3) is 0.533. The van der Waals surface area contributed by atoms with Gasteiger partial charge in [0, 0.05) is 0 Å².